The lowest BCUT2D eigenvalue weighted by molar-refractivity contribution is 0.195. The molecular formula is C23H19FN4S. The van der Waals surface area contributed by atoms with Crippen LogP contribution in [0.3, 0.4) is 0 Å². The second-order valence-corrected chi connectivity index (χ2v) is 7.85. The van der Waals surface area contributed by atoms with Crippen LogP contribution in [-0.2, 0) is 6.67 Å². The molecule has 144 valence electrons. The fourth-order valence-corrected chi connectivity index (χ4v) is 4.68. The third-order valence-corrected chi connectivity index (χ3v) is 6.13. The van der Waals surface area contributed by atoms with E-state index in [1.54, 1.807) is 23.9 Å². The Morgan fingerprint density at radius 1 is 0.793 bits per heavy atom. The van der Waals surface area contributed by atoms with Crippen molar-refractivity contribution in [1.82, 2.24) is 19.7 Å². The van der Waals surface area contributed by atoms with Crippen LogP contribution in [0.15, 0.2) is 90.1 Å². The largest absolute Gasteiger partial charge is 0.288 e. The van der Waals surface area contributed by atoms with E-state index in [4.69, 9.17) is 0 Å². The molecule has 0 atom stereocenters. The highest BCUT2D eigenvalue weighted by Crippen LogP contribution is 2.36. The van der Waals surface area contributed by atoms with E-state index in [2.05, 4.69) is 63.6 Å². The van der Waals surface area contributed by atoms with Crippen LogP contribution in [0, 0.1) is 5.82 Å². The molecule has 0 N–H and O–H groups in total. The summed E-state index contributed by atoms with van der Waals surface area (Å²) in [6.07, 6.45) is 0. The molecule has 0 bridgehead atoms. The molecule has 1 aliphatic heterocycles. The summed E-state index contributed by atoms with van der Waals surface area (Å²) in [7, 11) is 0. The number of nitrogens with zero attached hydrogens (tertiary/aromatic N) is 4. The minimum absolute atomic E-state index is 0.0916. The molecule has 0 unspecified atom stereocenters. The Balaban J connectivity index is 1.55. The summed E-state index contributed by atoms with van der Waals surface area (Å²) >= 11 is 1.63. The number of hydrogen-bond acceptors (Lipinski definition) is 4. The lowest BCUT2D eigenvalue weighted by atomic mass is 9.98. The SMILES string of the molecule is Fc1ccccc1-c1nnc2n1CN(C(c1ccccc1)c1ccccc1)CS2. The van der Waals surface area contributed by atoms with Crippen LogP contribution in [0.5, 0.6) is 0 Å². The Bertz CT molecular complexity index is 1070. The predicted octanol–water partition coefficient (Wildman–Crippen LogP) is 5.20. The number of benzene rings is 3. The van der Waals surface area contributed by atoms with E-state index >= 15 is 0 Å². The van der Waals surface area contributed by atoms with Gasteiger partial charge in [-0.25, -0.2) is 4.39 Å². The molecule has 1 aromatic heterocycles. The van der Waals surface area contributed by atoms with Gasteiger partial charge in [0.05, 0.1) is 24.2 Å². The first kappa shape index (κ1) is 18.1. The molecule has 0 radical (unpaired) electrons. The fourth-order valence-electron chi connectivity index (χ4n) is 3.77. The molecule has 1 aliphatic rings. The number of thioether (sulfide) groups is 1. The van der Waals surface area contributed by atoms with Crippen LogP contribution >= 0.6 is 11.8 Å². The van der Waals surface area contributed by atoms with Crippen LogP contribution in [0.2, 0.25) is 0 Å². The van der Waals surface area contributed by atoms with Gasteiger partial charge < -0.3 is 0 Å². The standard InChI is InChI=1S/C23H19FN4S/c24-20-14-8-7-13-19(20)22-25-26-23-28(22)15-27(16-29-23)21(17-9-3-1-4-10-17)18-11-5-2-6-12-18/h1-14,21H,15-16H2. The van der Waals surface area contributed by atoms with Gasteiger partial charge in [0.2, 0.25) is 0 Å². The zero-order chi connectivity index (χ0) is 19.6. The monoisotopic (exact) mass is 402 g/mol. The van der Waals surface area contributed by atoms with Gasteiger partial charge in [-0.1, -0.05) is 84.6 Å². The Morgan fingerprint density at radius 3 is 2.07 bits per heavy atom. The molecule has 0 saturated heterocycles. The van der Waals surface area contributed by atoms with Crippen LogP contribution < -0.4 is 0 Å². The van der Waals surface area contributed by atoms with Crippen molar-refractivity contribution in [2.75, 3.05) is 5.88 Å². The van der Waals surface area contributed by atoms with E-state index in [-0.39, 0.29) is 11.9 Å². The van der Waals surface area contributed by atoms with E-state index in [1.165, 1.54) is 17.2 Å². The third kappa shape index (κ3) is 3.45. The van der Waals surface area contributed by atoms with Gasteiger partial charge in [0, 0.05) is 0 Å². The van der Waals surface area contributed by atoms with Crippen LogP contribution in [0.1, 0.15) is 17.2 Å². The van der Waals surface area contributed by atoms with Crippen molar-refractivity contribution in [3.8, 4) is 11.4 Å². The van der Waals surface area contributed by atoms with Gasteiger partial charge in [-0.05, 0) is 23.3 Å². The van der Waals surface area contributed by atoms with E-state index in [9.17, 15) is 4.39 Å². The van der Waals surface area contributed by atoms with Gasteiger partial charge in [-0.3, -0.25) is 9.47 Å². The number of rotatable bonds is 4. The van der Waals surface area contributed by atoms with E-state index in [0.29, 0.717) is 18.1 Å². The molecule has 6 heteroatoms. The normalized spacial score (nSPS) is 14.1. The summed E-state index contributed by atoms with van der Waals surface area (Å²) < 4.78 is 16.4. The highest BCUT2D eigenvalue weighted by atomic mass is 32.2. The van der Waals surface area contributed by atoms with Crippen molar-refractivity contribution in [2.24, 2.45) is 0 Å². The summed E-state index contributed by atoms with van der Waals surface area (Å²) in [5.74, 6) is 1.06. The Labute approximate surface area is 173 Å². The van der Waals surface area contributed by atoms with Crippen molar-refractivity contribution >= 4 is 11.8 Å². The molecule has 0 spiro atoms. The van der Waals surface area contributed by atoms with E-state index < -0.39 is 0 Å². The Hall–Kier alpha value is -2.96. The number of aromatic nitrogens is 3. The molecule has 29 heavy (non-hydrogen) atoms. The smallest absolute Gasteiger partial charge is 0.193 e. The maximum absolute atomic E-state index is 14.4. The maximum Gasteiger partial charge on any atom is 0.193 e. The summed E-state index contributed by atoms with van der Waals surface area (Å²) in [5.41, 5.74) is 2.93. The van der Waals surface area contributed by atoms with Gasteiger partial charge >= 0.3 is 0 Å². The van der Waals surface area contributed by atoms with Crippen LogP contribution in [0.25, 0.3) is 11.4 Å². The van der Waals surface area contributed by atoms with Gasteiger partial charge in [0.25, 0.3) is 0 Å². The topological polar surface area (TPSA) is 34.0 Å². The Kier molecular flexibility index (Phi) is 4.87. The molecule has 3 aromatic carbocycles. The maximum atomic E-state index is 14.4. The lowest BCUT2D eigenvalue weighted by Crippen LogP contribution is -2.34. The number of halogens is 1. The average molecular weight is 402 g/mol. The van der Waals surface area contributed by atoms with Crippen molar-refractivity contribution in [2.45, 2.75) is 17.9 Å². The van der Waals surface area contributed by atoms with E-state index in [1.807, 2.05) is 22.8 Å². The lowest BCUT2D eigenvalue weighted by Gasteiger charge is -2.35. The van der Waals surface area contributed by atoms with Crippen molar-refractivity contribution in [3.05, 3.63) is 102 Å². The van der Waals surface area contributed by atoms with Gasteiger partial charge in [-0.15, -0.1) is 10.2 Å². The Morgan fingerprint density at radius 2 is 1.41 bits per heavy atom. The van der Waals surface area contributed by atoms with Crippen LogP contribution in [-0.4, -0.2) is 25.5 Å². The van der Waals surface area contributed by atoms with Crippen molar-refractivity contribution in [1.29, 1.82) is 0 Å². The summed E-state index contributed by atoms with van der Waals surface area (Å²) in [6.45, 7) is 0.591. The van der Waals surface area contributed by atoms with Crippen molar-refractivity contribution in [3.63, 3.8) is 0 Å². The highest BCUT2D eigenvalue weighted by Gasteiger charge is 2.29. The van der Waals surface area contributed by atoms with Gasteiger partial charge in [0.1, 0.15) is 5.82 Å². The molecule has 0 saturated carbocycles. The molecule has 0 fully saturated rings. The average Bonchev–Trinajstić information content (AvgIpc) is 3.19. The molecule has 0 aliphatic carbocycles. The summed E-state index contributed by atoms with van der Waals surface area (Å²) in [4.78, 5) is 2.37. The van der Waals surface area contributed by atoms with E-state index in [0.717, 1.165) is 11.0 Å². The van der Waals surface area contributed by atoms with Crippen LogP contribution in [0.4, 0.5) is 4.39 Å². The van der Waals surface area contributed by atoms with Gasteiger partial charge in [0.15, 0.2) is 11.0 Å². The first-order valence-electron chi connectivity index (χ1n) is 9.46. The molecule has 5 rings (SSSR count). The van der Waals surface area contributed by atoms with Gasteiger partial charge in [-0.2, -0.15) is 0 Å². The minimum atomic E-state index is -0.285. The van der Waals surface area contributed by atoms with Crippen molar-refractivity contribution < 1.29 is 4.39 Å². The number of hydrogen-bond donors (Lipinski definition) is 0. The minimum Gasteiger partial charge on any atom is -0.288 e. The highest BCUT2D eigenvalue weighted by molar-refractivity contribution is 7.99. The summed E-state index contributed by atoms with van der Waals surface area (Å²) in [5, 5.41) is 9.41. The summed E-state index contributed by atoms with van der Waals surface area (Å²) in [6, 6.07) is 27.8. The third-order valence-electron chi connectivity index (χ3n) is 5.11. The molecule has 0 amide bonds. The predicted molar refractivity (Wildman–Crippen MR) is 113 cm³/mol. The molecule has 4 aromatic rings. The zero-order valence-corrected chi connectivity index (χ0v) is 16.5. The first-order valence-corrected chi connectivity index (χ1v) is 10.4. The quantitative estimate of drug-likeness (QED) is 0.470. The number of fused-ring (bicyclic) bond motifs is 1. The molecular weight excluding hydrogens is 383 g/mol. The molecule has 2 heterocycles. The second-order valence-electron chi connectivity index (χ2n) is 6.94. The second kappa shape index (κ2) is 7.81. The first-order chi connectivity index (χ1) is 14.3. The zero-order valence-electron chi connectivity index (χ0n) is 15.6. The molecule has 4 nitrogen and oxygen atoms in total. The fraction of sp³-hybridized carbons (Fsp3) is 0.130.